The number of carbonyl (C=O) groups excluding carboxylic acids is 2. The Morgan fingerprint density at radius 3 is 1.96 bits per heavy atom. The molecule has 0 saturated carbocycles. The maximum atomic E-state index is 12.3. The second-order valence-electron chi connectivity index (χ2n) is 11.6. The summed E-state index contributed by atoms with van der Waals surface area (Å²) < 4.78 is 30.2. The van der Waals surface area contributed by atoms with Crippen molar-refractivity contribution in [2.75, 3.05) is 25.1 Å². The van der Waals surface area contributed by atoms with E-state index in [-0.39, 0.29) is 59.1 Å². The Labute approximate surface area is 304 Å². The second-order valence-corrected chi connectivity index (χ2v) is 12.8. The first-order valence-corrected chi connectivity index (χ1v) is 18.2. The van der Waals surface area contributed by atoms with Crippen molar-refractivity contribution >= 4 is 42.2 Å². The minimum Gasteiger partial charge on any atom is -0.790 e. The van der Waals surface area contributed by atoms with Crippen LogP contribution in [0, 0.1) is 10.1 Å². The number of hydrogen-bond donors (Lipinski definition) is 1. The minimum absolute atomic E-state index is 0. The monoisotopic (exact) mass is 707 g/mol. The van der Waals surface area contributed by atoms with E-state index in [1.165, 1.54) is 69.9 Å². The fourth-order valence-corrected chi connectivity index (χ4v) is 5.37. The fraction of sp³-hybridized carbons (Fsp3) is 0.742. The Hall–Kier alpha value is -2.13. The summed E-state index contributed by atoms with van der Waals surface area (Å²) in [7, 11) is -5.32. The van der Waals surface area contributed by atoms with E-state index in [0.717, 1.165) is 19.3 Å². The Balaban J connectivity index is 0.0000115. The number of benzene rings is 1. The molecule has 48 heavy (non-hydrogen) atoms. The number of carbonyl (C=O) groups is 2. The van der Waals surface area contributed by atoms with Gasteiger partial charge in [-0.3, -0.25) is 19.7 Å². The predicted molar refractivity (Wildman–Crippen MR) is 170 cm³/mol. The first-order valence-electron chi connectivity index (χ1n) is 16.8. The normalized spacial score (nSPS) is 12.0. The van der Waals surface area contributed by atoms with Crippen LogP contribution in [0.3, 0.4) is 0 Å². The van der Waals surface area contributed by atoms with Crippen LogP contribution in [0.1, 0.15) is 122 Å². The van der Waals surface area contributed by atoms with E-state index in [9.17, 15) is 34.1 Å². The Morgan fingerprint density at radius 1 is 0.833 bits per heavy atom. The molecule has 0 bridgehead atoms. The van der Waals surface area contributed by atoms with Crippen molar-refractivity contribution in [3.8, 4) is 0 Å². The number of aromatic nitrogens is 2. The number of nitrogens with zero attached hydrogens (tertiary/aromatic N) is 3. The molecule has 1 aromatic heterocycles. The number of fused-ring (bicyclic) bond motifs is 1. The zero-order valence-electron chi connectivity index (χ0n) is 28.4. The van der Waals surface area contributed by atoms with Crippen LogP contribution in [0.5, 0.6) is 0 Å². The molecular formula is C31H49N4NaO11P-. The summed E-state index contributed by atoms with van der Waals surface area (Å²) in [5.74, 6) is -1.16. The van der Waals surface area contributed by atoms with Crippen LogP contribution in [0.4, 0.5) is 11.4 Å². The summed E-state index contributed by atoms with van der Waals surface area (Å²) in [5, 5.41) is 21.5. The van der Waals surface area contributed by atoms with E-state index in [1.54, 1.807) is 0 Å². The van der Waals surface area contributed by atoms with Crippen LogP contribution in [0.2, 0.25) is 0 Å². The van der Waals surface area contributed by atoms with Gasteiger partial charge in [0.2, 0.25) is 5.52 Å². The molecular weight excluding hydrogens is 658 g/mol. The third-order valence-electron chi connectivity index (χ3n) is 7.60. The Morgan fingerprint density at radius 2 is 1.38 bits per heavy atom. The minimum atomic E-state index is -5.32. The van der Waals surface area contributed by atoms with Gasteiger partial charge >= 0.3 is 47.2 Å². The zero-order chi connectivity index (χ0) is 34.3. The Kier molecular flexibility index (Phi) is 23.6. The molecule has 0 amide bonds. The number of unbranched alkanes of at least 4 members (excludes halogenated alkanes) is 14. The third-order valence-corrected chi connectivity index (χ3v) is 8.06. The molecule has 1 N–H and O–H groups in total. The number of nitrogens with one attached hydrogen (secondary N) is 1. The van der Waals surface area contributed by atoms with Crippen molar-refractivity contribution in [2.45, 2.75) is 129 Å². The molecule has 0 aliphatic rings. The number of phosphoric acid groups is 1. The van der Waals surface area contributed by atoms with Crippen LogP contribution in [-0.4, -0.2) is 53.0 Å². The molecule has 0 spiro atoms. The number of ether oxygens (including phenoxy) is 2. The van der Waals surface area contributed by atoms with E-state index >= 15 is 0 Å². The van der Waals surface area contributed by atoms with Crippen LogP contribution < -0.4 is 44.7 Å². The van der Waals surface area contributed by atoms with Gasteiger partial charge in [0.1, 0.15) is 6.61 Å². The van der Waals surface area contributed by atoms with Crippen LogP contribution in [-0.2, 0) is 28.2 Å². The van der Waals surface area contributed by atoms with E-state index < -0.39 is 44.0 Å². The Bertz CT molecular complexity index is 1260. The molecule has 1 aromatic carbocycles. The standard InChI is InChI=1S/C31H51N4O11P.Na/c1-2-3-4-5-6-7-8-9-10-11-12-13-15-18-28(36)43-23-25(24-44-47(40,41)42)45-29(37)19-16-14-17-22-32-26-20-21-27(35(38)39)31-30(26)33-46-34-31;/h20-21,25,32H,2-19,22-24H2,1H3,(H2,40,41,42);/q;+1/p-2. The van der Waals surface area contributed by atoms with Crippen LogP contribution >= 0.6 is 7.82 Å². The van der Waals surface area contributed by atoms with Crippen molar-refractivity contribution in [1.29, 1.82) is 0 Å². The van der Waals surface area contributed by atoms with Crippen molar-refractivity contribution in [3.05, 3.63) is 22.2 Å². The molecule has 0 aliphatic heterocycles. The zero-order valence-corrected chi connectivity index (χ0v) is 31.3. The number of hydrogen-bond acceptors (Lipinski definition) is 14. The van der Waals surface area contributed by atoms with Crippen LogP contribution in [0.15, 0.2) is 16.8 Å². The maximum Gasteiger partial charge on any atom is 1.00 e. The number of anilines is 1. The van der Waals surface area contributed by atoms with E-state index in [2.05, 4.69) is 31.7 Å². The summed E-state index contributed by atoms with van der Waals surface area (Å²) in [6, 6.07) is 2.82. The van der Waals surface area contributed by atoms with Gasteiger partial charge in [-0.1, -0.05) is 90.4 Å². The summed E-state index contributed by atoms with van der Waals surface area (Å²) in [6.07, 6.45) is 16.0. The van der Waals surface area contributed by atoms with Gasteiger partial charge in [0.15, 0.2) is 11.6 Å². The number of phosphoric ester groups is 1. The summed E-state index contributed by atoms with van der Waals surface area (Å²) in [6.45, 7) is 1.53. The SMILES string of the molecule is CCCCCCCCCCCCCCCC(=O)OCC(COP(=O)([O-])[O-])OC(=O)CCCCCNc1ccc([N+](=O)[O-])c2nonc12.[Na+]. The molecule has 2 aromatic rings. The van der Waals surface area contributed by atoms with E-state index in [4.69, 9.17) is 9.47 Å². The van der Waals surface area contributed by atoms with Crippen molar-refractivity contribution in [3.63, 3.8) is 0 Å². The molecule has 1 atom stereocenters. The first kappa shape index (κ1) is 43.9. The molecule has 0 fully saturated rings. The molecule has 0 saturated heterocycles. The molecule has 2 rings (SSSR count). The van der Waals surface area contributed by atoms with Gasteiger partial charge in [-0.2, -0.15) is 0 Å². The molecule has 0 aliphatic carbocycles. The first-order chi connectivity index (χ1) is 22.6. The maximum absolute atomic E-state index is 12.3. The molecule has 266 valence electrons. The van der Waals surface area contributed by atoms with Crippen molar-refractivity contribution < 1.29 is 77.0 Å². The second kappa shape index (κ2) is 25.8. The van der Waals surface area contributed by atoms with Crippen molar-refractivity contribution in [2.24, 2.45) is 0 Å². The molecule has 1 unspecified atom stereocenters. The van der Waals surface area contributed by atoms with Gasteiger partial charge in [-0.25, -0.2) is 4.63 Å². The van der Waals surface area contributed by atoms with E-state index in [1.807, 2.05) is 0 Å². The number of esters is 2. The quantitative estimate of drug-likeness (QED) is 0.0336. The van der Waals surface area contributed by atoms with Gasteiger partial charge in [0.25, 0.3) is 0 Å². The summed E-state index contributed by atoms with van der Waals surface area (Å²) in [5.41, 5.74) is 0.581. The fourth-order valence-electron chi connectivity index (χ4n) is 5.02. The molecule has 15 nitrogen and oxygen atoms in total. The van der Waals surface area contributed by atoms with Gasteiger partial charge in [-0.05, 0) is 35.6 Å². The average Bonchev–Trinajstić information content (AvgIpc) is 3.52. The third kappa shape index (κ3) is 19.8. The number of nitro benzene ring substituents is 1. The van der Waals surface area contributed by atoms with Gasteiger partial charge in [-0.15, -0.1) is 0 Å². The van der Waals surface area contributed by atoms with Gasteiger partial charge in [0.05, 0.1) is 25.0 Å². The number of nitro groups is 1. The predicted octanol–water partition coefficient (Wildman–Crippen LogP) is 2.89. The summed E-state index contributed by atoms with van der Waals surface area (Å²) in [4.78, 5) is 57.0. The number of non-ortho nitro benzene ring substituents is 1. The molecule has 17 heteroatoms. The topological polar surface area (TPSA) is 219 Å². The summed E-state index contributed by atoms with van der Waals surface area (Å²) >= 11 is 0. The van der Waals surface area contributed by atoms with Crippen molar-refractivity contribution in [1.82, 2.24) is 10.3 Å². The number of rotatable bonds is 28. The molecule has 0 radical (unpaired) electrons. The average molecular weight is 708 g/mol. The molecule has 1 heterocycles. The van der Waals surface area contributed by atoms with Gasteiger partial charge in [0, 0.05) is 25.5 Å². The van der Waals surface area contributed by atoms with Gasteiger partial charge < -0.3 is 33.7 Å². The smallest absolute Gasteiger partial charge is 0.790 e. The van der Waals surface area contributed by atoms with Crippen LogP contribution in [0.25, 0.3) is 11.0 Å². The van der Waals surface area contributed by atoms with E-state index in [0.29, 0.717) is 37.9 Å². The largest absolute Gasteiger partial charge is 1.00 e.